The van der Waals surface area contributed by atoms with E-state index in [1.165, 1.54) is 32.1 Å². The van der Waals surface area contributed by atoms with Gasteiger partial charge in [-0.05, 0) is 32.4 Å². The molecule has 0 atom stereocenters. The molecule has 0 spiro atoms. The first kappa shape index (κ1) is 20.8. The number of carbonyl (C=O) groups is 1. The third-order valence-corrected chi connectivity index (χ3v) is 7.43. The minimum atomic E-state index is -3.74. The fraction of sp³-hybridized carbons (Fsp3) is 0.444. The number of nitrogens with zero attached hydrogens (tertiary/aromatic N) is 4. The van der Waals surface area contributed by atoms with Crippen molar-refractivity contribution in [3.05, 3.63) is 46.0 Å². The predicted molar refractivity (Wildman–Crippen MR) is 103 cm³/mol. The lowest BCUT2D eigenvalue weighted by molar-refractivity contribution is 0.0759. The number of hydrogen-bond acceptors (Lipinski definition) is 4. The van der Waals surface area contributed by atoms with E-state index in [-0.39, 0.29) is 35.1 Å². The van der Waals surface area contributed by atoms with Gasteiger partial charge in [-0.15, -0.1) is 0 Å². The van der Waals surface area contributed by atoms with Crippen LogP contribution in [0.5, 0.6) is 0 Å². The van der Waals surface area contributed by atoms with Crippen LogP contribution in [0, 0.1) is 19.7 Å². The molecule has 1 fully saturated rings. The quantitative estimate of drug-likeness (QED) is 0.752. The molecule has 1 saturated heterocycles. The van der Waals surface area contributed by atoms with E-state index in [0.29, 0.717) is 24.4 Å². The molecule has 0 radical (unpaired) electrons. The number of aromatic nitrogens is 2. The van der Waals surface area contributed by atoms with Crippen molar-refractivity contribution in [3.63, 3.8) is 0 Å². The lowest BCUT2D eigenvalue weighted by atomic mass is 10.1. The molecule has 2 heterocycles. The van der Waals surface area contributed by atoms with Crippen LogP contribution in [0.2, 0.25) is 5.02 Å². The van der Waals surface area contributed by atoms with Crippen molar-refractivity contribution >= 4 is 27.5 Å². The Hall–Kier alpha value is -1.97. The van der Waals surface area contributed by atoms with Gasteiger partial charge in [0.05, 0.1) is 22.0 Å². The molecule has 152 valence electrons. The number of sulfonamides is 1. The van der Waals surface area contributed by atoms with Crippen molar-refractivity contribution in [2.45, 2.75) is 25.2 Å². The summed E-state index contributed by atoms with van der Waals surface area (Å²) < 4.78 is 43.3. The second-order valence-corrected chi connectivity index (χ2v) is 9.05. The zero-order chi connectivity index (χ0) is 20.6. The van der Waals surface area contributed by atoms with E-state index in [2.05, 4.69) is 5.10 Å². The van der Waals surface area contributed by atoms with E-state index < -0.39 is 21.7 Å². The van der Waals surface area contributed by atoms with Gasteiger partial charge in [-0.2, -0.15) is 9.40 Å². The van der Waals surface area contributed by atoms with Crippen LogP contribution >= 0.6 is 11.6 Å². The summed E-state index contributed by atoms with van der Waals surface area (Å²) >= 11 is 6.00. The highest BCUT2D eigenvalue weighted by atomic mass is 35.5. The van der Waals surface area contributed by atoms with Crippen molar-refractivity contribution in [1.29, 1.82) is 0 Å². The highest BCUT2D eigenvalue weighted by Crippen LogP contribution is 2.25. The molecule has 1 aliphatic rings. The summed E-state index contributed by atoms with van der Waals surface area (Å²) in [5, 5.41) is 4.23. The summed E-state index contributed by atoms with van der Waals surface area (Å²) in [5.74, 6) is -1.22. The van der Waals surface area contributed by atoms with Crippen LogP contribution in [0.1, 0.15) is 28.2 Å². The molecule has 0 aliphatic carbocycles. The number of rotatable bonds is 3. The van der Waals surface area contributed by atoms with Gasteiger partial charge in [0.2, 0.25) is 10.0 Å². The molecule has 28 heavy (non-hydrogen) atoms. The maximum absolute atomic E-state index is 14.1. The molecule has 0 N–H and O–H groups in total. The predicted octanol–water partition coefficient (Wildman–Crippen LogP) is 2.37. The van der Waals surface area contributed by atoms with Crippen molar-refractivity contribution in [1.82, 2.24) is 19.0 Å². The topological polar surface area (TPSA) is 75.5 Å². The van der Waals surface area contributed by atoms with Crippen molar-refractivity contribution in [2.75, 3.05) is 26.2 Å². The molecule has 3 rings (SSSR count). The SMILES string of the molecule is Cc1nn(C)c(C)c1S(=O)(=O)N1CCCN(C(=O)c2c(F)cccc2Cl)CC1. The van der Waals surface area contributed by atoms with E-state index in [1.807, 2.05) is 0 Å². The van der Waals surface area contributed by atoms with E-state index in [0.717, 1.165) is 0 Å². The van der Waals surface area contributed by atoms with Gasteiger partial charge in [0, 0.05) is 33.2 Å². The summed E-state index contributed by atoms with van der Waals surface area (Å²) in [6, 6.07) is 4.08. The molecular weight excluding hydrogens is 407 g/mol. The number of amides is 1. The first-order valence-electron chi connectivity index (χ1n) is 8.88. The standard InChI is InChI=1S/C18H22ClFN4O3S/c1-12-17(13(2)22(3)21-12)28(26,27)24-9-5-8-23(10-11-24)18(25)16-14(19)6-4-7-15(16)20/h4,6-7H,5,8-11H2,1-3H3. The van der Waals surface area contributed by atoms with Gasteiger partial charge in [-0.3, -0.25) is 9.48 Å². The Kier molecular flexibility index (Phi) is 5.79. The second kappa shape index (κ2) is 7.81. The maximum Gasteiger partial charge on any atom is 0.258 e. The summed E-state index contributed by atoms with van der Waals surface area (Å²) in [7, 11) is -2.05. The van der Waals surface area contributed by atoms with Crippen LogP contribution in [0.15, 0.2) is 23.1 Å². The van der Waals surface area contributed by atoms with Gasteiger partial charge in [0.25, 0.3) is 5.91 Å². The van der Waals surface area contributed by atoms with Crippen molar-refractivity contribution in [2.24, 2.45) is 7.05 Å². The van der Waals surface area contributed by atoms with E-state index >= 15 is 0 Å². The van der Waals surface area contributed by atoms with E-state index in [9.17, 15) is 17.6 Å². The number of carbonyl (C=O) groups excluding carboxylic acids is 1. The van der Waals surface area contributed by atoms with E-state index in [1.54, 1.807) is 20.9 Å². The monoisotopic (exact) mass is 428 g/mol. The molecule has 0 bridgehead atoms. The van der Waals surface area contributed by atoms with Gasteiger partial charge in [-0.25, -0.2) is 12.8 Å². The average molecular weight is 429 g/mol. The normalized spacial score (nSPS) is 16.2. The maximum atomic E-state index is 14.1. The molecular formula is C18H22ClFN4O3S. The zero-order valence-electron chi connectivity index (χ0n) is 15.9. The minimum Gasteiger partial charge on any atom is -0.337 e. The second-order valence-electron chi connectivity index (χ2n) is 6.77. The smallest absolute Gasteiger partial charge is 0.258 e. The Morgan fingerprint density at radius 1 is 1.18 bits per heavy atom. The fourth-order valence-corrected chi connectivity index (χ4v) is 5.57. The first-order chi connectivity index (χ1) is 13.1. The Bertz CT molecular complexity index is 1000. The molecule has 10 heteroatoms. The van der Waals surface area contributed by atoms with Crippen molar-refractivity contribution in [3.8, 4) is 0 Å². The summed E-state index contributed by atoms with van der Waals surface area (Å²) in [5.41, 5.74) is 0.822. The lowest BCUT2D eigenvalue weighted by Gasteiger charge is -2.22. The van der Waals surface area contributed by atoms with Crippen LogP contribution < -0.4 is 0 Å². The van der Waals surface area contributed by atoms with Gasteiger partial charge in [0.15, 0.2) is 0 Å². The molecule has 7 nitrogen and oxygen atoms in total. The molecule has 1 aromatic carbocycles. The fourth-order valence-electron chi connectivity index (χ4n) is 3.45. The van der Waals surface area contributed by atoms with Crippen LogP contribution in [-0.4, -0.2) is 59.5 Å². The largest absolute Gasteiger partial charge is 0.337 e. The van der Waals surface area contributed by atoms with E-state index in [4.69, 9.17) is 11.6 Å². The molecule has 1 amide bonds. The van der Waals surface area contributed by atoms with Crippen LogP contribution in [0.3, 0.4) is 0 Å². The third kappa shape index (κ3) is 3.66. The molecule has 2 aromatic rings. The van der Waals surface area contributed by atoms with Gasteiger partial charge in [-0.1, -0.05) is 17.7 Å². The molecule has 1 aromatic heterocycles. The Morgan fingerprint density at radius 3 is 2.50 bits per heavy atom. The van der Waals surface area contributed by atoms with Crippen LogP contribution in [0.4, 0.5) is 4.39 Å². The lowest BCUT2D eigenvalue weighted by Crippen LogP contribution is -2.38. The molecule has 1 aliphatic heterocycles. The number of benzene rings is 1. The van der Waals surface area contributed by atoms with Gasteiger partial charge < -0.3 is 4.90 Å². The highest BCUT2D eigenvalue weighted by molar-refractivity contribution is 7.89. The van der Waals surface area contributed by atoms with Crippen LogP contribution in [-0.2, 0) is 17.1 Å². The van der Waals surface area contributed by atoms with Gasteiger partial charge >= 0.3 is 0 Å². The average Bonchev–Trinajstić information content (AvgIpc) is 2.80. The summed E-state index contributed by atoms with van der Waals surface area (Å²) in [4.78, 5) is 14.4. The highest BCUT2D eigenvalue weighted by Gasteiger charge is 2.33. The minimum absolute atomic E-state index is 0.0420. The number of halogens is 2. The van der Waals surface area contributed by atoms with Crippen molar-refractivity contribution < 1.29 is 17.6 Å². The molecule has 0 unspecified atom stereocenters. The summed E-state index contributed by atoms with van der Waals surface area (Å²) in [6.07, 6.45) is 0.440. The first-order valence-corrected chi connectivity index (χ1v) is 10.7. The van der Waals surface area contributed by atoms with Gasteiger partial charge in [0.1, 0.15) is 10.7 Å². The Morgan fingerprint density at radius 2 is 1.89 bits per heavy atom. The Balaban J connectivity index is 1.83. The number of aryl methyl sites for hydroxylation is 2. The third-order valence-electron chi connectivity index (χ3n) is 4.96. The molecule has 0 saturated carbocycles. The zero-order valence-corrected chi connectivity index (χ0v) is 17.5. The number of hydrogen-bond donors (Lipinski definition) is 0. The van der Waals surface area contributed by atoms with Crippen LogP contribution in [0.25, 0.3) is 0 Å². The Labute approximate surface area is 168 Å². The summed E-state index contributed by atoms with van der Waals surface area (Å²) in [6.45, 7) is 4.23.